The molecule has 1 N–H and O–H groups in total. The summed E-state index contributed by atoms with van der Waals surface area (Å²) in [5, 5.41) is 3.37. The van der Waals surface area contributed by atoms with E-state index >= 15 is 0 Å². The molecular weight excluding hydrogens is 216 g/mol. The Bertz CT molecular complexity index is 231. The number of hydrogen-bond donors (Lipinski definition) is 1. The van der Waals surface area contributed by atoms with Crippen molar-refractivity contribution in [1.29, 1.82) is 0 Å². The van der Waals surface area contributed by atoms with Crippen LogP contribution in [-0.2, 0) is 9.53 Å². The van der Waals surface area contributed by atoms with Gasteiger partial charge in [0, 0.05) is 18.5 Å². The predicted molar refractivity (Wildman–Crippen MR) is 58.1 cm³/mol. The van der Waals surface area contributed by atoms with Crippen molar-refractivity contribution in [3.05, 3.63) is 0 Å². The number of ether oxygens (including phenoxy) is 1. The summed E-state index contributed by atoms with van der Waals surface area (Å²) in [6.45, 7) is 3.58. The van der Waals surface area contributed by atoms with Crippen molar-refractivity contribution in [2.75, 3.05) is 32.8 Å². The molecule has 2 heterocycles. The van der Waals surface area contributed by atoms with Crippen molar-refractivity contribution < 1.29 is 9.53 Å². The van der Waals surface area contributed by atoms with Gasteiger partial charge in [-0.1, -0.05) is 0 Å². The molecule has 0 aliphatic carbocycles. The summed E-state index contributed by atoms with van der Waals surface area (Å²) >= 11 is 6.06. The normalized spacial score (nSPS) is 32.7. The molecule has 4 nitrogen and oxygen atoms in total. The van der Waals surface area contributed by atoms with E-state index in [9.17, 15) is 4.79 Å². The van der Waals surface area contributed by atoms with Gasteiger partial charge in [-0.05, 0) is 19.4 Å². The van der Waals surface area contributed by atoms with Gasteiger partial charge in [-0.2, -0.15) is 0 Å². The fourth-order valence-corrected chi connectivity index (χ4v) is 2.35. The minimum atomic E-state index is -0.0839. The molecule has 2 aliphatic rings. The first kappa shape index (κ1) is 11.2. The quantitative estimate of drug-likeness (QED) is 0.657. The van der Waals surface area contributed by atoms with Gasteiger partial charge in [-0.3, -0.25) is 4.79 Å². The van der Waals surface area contributed by atoms with Gasteiger partial charge in [0.25, 0.3) is 0 Å². The van der Waals surface area contributed by atoms with Crippen LogP contribution in [0, 0.1) is 0 Å². The molecule has 1 unspecified atom stereocenters. The Labute approximate surface area is 94.9 Å². The zero-order chi connectivity index (χ0) is 10.7. The maximum absolute atomic E-state index is 12.0. The number of nitrogens with zero attached hydrogens (tertiary/aromatic N) is 1. The van der Waals surface area contributed by atoms with Gasteiger partial charge in [0.1, 0.15) is 0 Å². The molecule has 5 heteroatoms. The molecular formula is C10H17ClN2O2. The van der Waals surface area contributed by atoms with Gasteiger partial charge in [0.2, 0.25) is 5.91 Å². The fourth-order valence-electron chi connectivity index (χ4n) is 2.06. The third-order valence-corrected chi connectivity index (χ3v) is 3.36. The van der Waals surface area contributed by atoms with Crippen molar-refractivity contribution in [3.63, 3.8) is 0 Å². The van der Waals surface area contributed by atoms with E-state index in [0.717, 1.165) is 19.4 Å². The van der Waals surface area contributed by atoms with Crippen LogP contribution in [-0.4, -0.2) is 55.1 Å². The molecule has 0 saturated carbocycles. The van der Waals surface area contributed by atoms with Crippen molar-refractivity contribution >= 4 is 17.5 Å². The van der Waals surface area contributed by atoms with Crippen LogP contribution < -0.4 is 5.32 Å². The maximum atomic E-state index is 12.0. The van der Waals surface area contributed by atoms with Crippen molar-refractivity contribution in [2.45, 2.75) is 24.3 Å². The van der Waals surface area contributed by atoms with Crippen LogP contribution >= 0.6 is 11.6 Å². The molecule has 0 aromatic rings. The Morgan fingerprint density at radius 2 is 2.13 bits per heavy atom. The molecule has 0 aromatic carbocycles. The Balaban J connectivity index is 1.88. The molecule has 0 spiro atoms. The highest BCUT2D eigenvalue weighted by atomic mass is 35.5. The molecule has 2 atom stereocenters. The highest BCUT2D eigenvalue weighted by Gasteiger charge is 2.29. The molecule has 2 rings (SSSR count). The maximum Gasteiger partial charge on any atom is 0.239 e. The number of piperidine rings is 1. The number of morpholine rings is 1. The van der Waals surface area contributed by atoms with Crippen LogP contribution in [0.15, 0.2) is 0 Å². The second-order valence-corrected chi connectivity index (χ2v) is 4.68. The first-order valence-electron chi connectivity index (χ1n) is 5.51. The Morgan fingerprint density at radius 3 is 2.80 bits per heavy atom. The summed E-state index contributed by atoms with van der Waals surface area (Å²) in [5.74, 6) is 0.184. The van der Waals surface area contributed by atoms with Crippen molar-refractivity contribution in [3.8, 4) is 0 Å². The Morgan fingerprint density at radius 1 is 1.40 bits per heavy atom. The lowest BCUT2D eigenvalue weighted by Crippen LogP contribution is -2.53. The highest BCUT2D eigenvalue weighted by molar-refractivity contribution is 6.20. The summed E-state index contributed by atoms with van der Waals surface area (Å²) < 4.78 is 5.22. The number of amides is 1. The third kappa shape index (κ3) is 2.83. The lowest BCUT2D eigenvalue weighted by molar-refractivity contribution is -0.138. The number of carbonyl (C=O) groups excluding carboxylic acids is 1. The van der Waals surface area contributed by atoms with E-state index in [1.54, 1.807) is 0 Å². The number of carbonyl (C=O) groups is 1. The second-order valence-electron chi connectivity index (χ2n) is 4.07. The van der Waals surface area contributed by atoms with Crippen LogP contribution in [0.1, 0.15) is 12.8 Å². The van der Waals surface area contributed by atoms with Crippen molar-refractivity contribution in [2.24, 2.45) is 0 Å². The third-order valence-electron chi connectivity index (χ3n) is 2.96. The number of nitrogens with one attached hydrogen (secondary N) is 1. The summed E-state index contributed by atoms with van der Waals surface area (Å²) in [6, 6.07) is -0.0839. The SMILES string of the molecule is O=C([C@H]1CC(Cl)CCN1)N1CCOCC1. The number of hydrogen-bond acceptors (Lipinski definition) is 3. The molecule has 2 saturated heterocycles. The molecule has 0 bridgehead atoms. The van der Waals surface area contributed by atoms with Gasteiger partial charge >= 0.3 is 0 Å². The van der Waals surface area contributed by atoms with E-state index in [1.807, 2.05) is 4.90 Å². The van der Waals surface area contributed by atoms with Gasteiger partial charge in [0.15, 0.2) is 0 Å². The molecule has 2 fully saturated rings. The smallest absolute Gasteiger partial charge is 0.239 e. The van der Waals surface area contributed by atoms with Crippen LogP contribution in [0.25, 0.3) is 0 Å². The van der Waals surface area contributed by atoms with Crippen LogP contribution in [0.2, 0.25) is 0 Å². The Kier molecular flexibility index (Phi) is 3.83. The standard InChI is InChI=1S/C10H17ClN2O2/c11-8-1-2-12-9(7-8)10(14)13-3-5-15-6-4-13/h8-9,12H,1-7H2/t8?,9-/m1/s1. The van der Waals surface area contributed by atoms with E-state index in [2.05, 4.69) is 5.32 Å². The summed E-state index contributed by atoms with van der Waals surface area (Å²) in [6.07, 6.45) is 1.70. The van der Waals surface area contributed by atoms with E-state index < -0.39 is 0 Å². The first-order valence-corrected chi connectivity index (χ1v) is 5.95. The molecule has 1 amide bonds. The largest absolute Gasteiger partial charge is 0.378 e. The van der Waals surface area contributed by atoms with Crippen LogP contribution in [0.3, 0.4) is 0 Å². The molecule has 86 valence electrons. The molecule has 15 heavy (non-hydrogen) atoms. The highest BCUT2D eigenvalue weighted by Crippen LogP contribution is 2.16. The molecule has 0 radical (unpaired) electrons. The Hall–Kier alpha value is -0.320. The van der Waals surface area contributed by atoms with Gasteiger partial charge < -0.3 is 15.0 Å². The van der Waals surface area contributed by atoms with Crippen LogP contribution in [0.4, 0.5) is 0 Å². The van der Waals surface area contributed by atoms with Crippen molar-refractivity contribution in [1.82, 2.24) is 10.2 Å². The molecule has 2 aliphatic heterocycles. The van der Waals surface area contributed by atoms with Gasteiger partial charge in [-0.15, -0.1) is 11.6 Å². The lowest BCUT2D eigenvalue weighted by atomic mass is 10.0. The number of alkyl halides is 1. The minimum absolute atomic E-state index is 0.0839. The zero-order valence-corrected chi connectivity index (χ0v) is 9.50. The average molecular weight is 233 g/mol. The van der Waals surface area contributed by atoms with Crippen LogP contribution in [0.5, 0.6) is 0 Å². The van der Waals surface area contributed by atoms with E-state index in [1.165, 1.54) is 0 Å². The minimum Gasteiger partial charge on any atom is -0.378 e. The summed E-state index contributed by atoms with van der Waals surface area (Å²) in [7, 11) is 0. The van der Waals surface area contributed by atoms with E-state index in [-0.39, 0.29) is 17.3 Å². The van der Waals surface area contributed by atoms with Gasteiger partial charge in [-0.25, -0.2) is 0 Å². The topological polar surface area (TPSA) is 41.6 Å². The zero-order valence-electron chi connectivity index (χ0n) is 8.75. The predicted octanol–water partition coefficient (Wildman–Crippen LogP) is 0.205. The first-order chi connectivity index (χ1) is 7.27. The average Bonchev–Trinajstić information content (AvgIpc) is 2.29. The summed E-state index contributed by atoms with van der Waals surface area (Å²) in [4.78, 5) is 13.9. The second kappa shape index (κ2) is 5.14. The number of halogens is 1. The lowest BCUT2D eigenvalue weighted by Gasteiger charge is -2.33. The molecule has 0 aromatic heterocycles. The fraction of sp³-hybridized carbons (Fsp3) is 0.900. The summed E-state index contributed by atoms with van der Waals surface area (Å²) in [5.41, 5.74) is 0. The van der Waals surface area contributed by atoms with E-state index in [4.69, 9.17) is 16.3 Å². The number of rotatable bonds is 1. The van der Waals surface area contributed by atoms with E-state index in [0.29, 0.717) is 26.3 Å². The monoisotopic (exact) mass is 232 g/mol. The van der Waals surface area contributed by atoms with Gasteiger partial charge in [0.05, 0.1) is 19.3 Å².